The fourth-order valence-electron chi connectivity index (χ4n) is 2.64. The quantitative estimate of drug-likeness (QED) is 0.625. The van der Waals surface area contributed by atoms with Crippen molar-refractivity contribution >= 4 is 28.4 Å². The van der Waals surface area contributed by atoms with E-state index < -0.39 is 0 Å². The molecule has 1 aliphatic heterocycles. The number of carbonyl (C=O) groups is 1. The van der Waals surface area contributed by atoms with Crippen LogP contribution in [0.25, 0.3) is 22.0 Å². The van der Waals surface area contributed by atoms with Crippen LogP contribution >= 0.6 is 11.8 Å². The van der Waals surface area contributed by atoms with Crippen molar-refractivity contribution in [2.24, 2.45) is 0 Å². The van der Waals surface area contributed by atoms with Gasteiger partial charge in [0.2, 0.25) is 5.91 Å². The molecule has 4 rings (SSSR count). The number of benzene rings is 2. The average Bonchev–Trinajstić information content (AvgIpc) is 2.91. The lowest BCUT2D eigenvalue weighted by Crippen LogP contribution is -2.05. The molecule has 0 spiro atoms. The number of thioether (sulfide) groups is 1. The Labute approximate surface area is 120 Å². The van der Waals surface area contributed by atoms with E-state index in [1.807, 2.05) is 18.0 Å². The third kappa shape index (κ3) is 1.61. The molecule has 0 radical (unpaired) electrons. The van der Waals surface area contributed by atoms with Crippen molar-refractivity contribution in [2.75, 3.05) is 0 Å². The summed E-state index contributed by atoms with van der Waals surface area (Å²) in [4.78, 5) is 12.7. The van der Waals surface area contributed by atoms with Crippen LogP contribution in [0.4, 0.5) is 0 Å². The number of hydrogen-bond acceptors (Lipinski definition) is 3. The maximum atomic E-state index is 11.5. The zero-order valence-electron chi connectivity index (χ0n) is 11.0. The molecule has 4 heteroatoms. The van der Waals surface area contributed by atoms with Crippen LogP contribution in [0.5, 0.6) is 0 Å². The van der Waals surface area contributed by atoms with Gasteiger partial charge >= 0.3 is 0 Å². The zero-order chi connectivity index (χ0) is 13.7. The van der Waals surface area contributed by atoms with Crippen LogP contribution in [-0.2, 0) is 5.75 Å². The first-order valence-electron chi connectivity index (χ1n) is 6.48. The summed E-state index contributed by atoms with van der Waals surface area (Å²) in [6.45, 7) is 1.53. The number of aromatic nitrogens is 2. The van der Waals surface area contributed by atoms with E-state index in [4.69, 9.17) is 0 Å². The first kappa shape index (κ1) is 11.7. The molecule has 1 aromatic heterocycles. The van der Waals surface area contributed by atoms with Crippen molar-refractivity contribution in [1.29, 1.82) is 0 Å². The van der Waals surface area contributed by atoms with Gasteiger partial charge in [-0.2, -0.15) is 5.10 Å². The van der Waals surface area contributed by atoms with Crippen molar-refractivity contribution in [2.45, 2.75) is 17.6 Å². The first-order chi connectivity index (χ1) is 9.74. The molecule has 3 nitrogen and oxygen atoms in total. The Morgan fingerprint density at radius 1 is 1.25 bits per heavy atom. The molecule has 98 valence electrons. The lowest BCUT2D eigenvalue weighted by molar-refractivity contribution is 0.0921. The summed E-state index contributed by atoms with van der Waals surface area (Å²) in [5.41, 5.74) is 3.21. The van der Waals surface area contributed by atoms with Crippen LogP contribution in [0.15, 0.2) is 47.5 Å². The normalized spacial score (nSPS) is 13.1. The van der Waals surface area contributed by atoms with Gasteiger partial charge in [0.1, 0.15) is 0 Å². The highest BCUT2D eigenvalue weighted by Gasteiger charge is 2.22. The standard InChI is InChI=1S/C16H12N2OS/c1-10(19)18-8-12-9-20-16-13-5-3-2-4-11(13)6-7-14(16)15(12)17-18/h2-8H,9H2,1H3. The van der Waals surface area contributed by atoms with Gasteiger partial charge < -0.3 is 0 Å². The summed E-state index contributed by atoms with van der Waals surface area (Å²) in [6, 6.07) is 12.6. The Morgan fingerprint density at radius 3 is 2.95 bits per heavy atom. The van der Waals surface area contributed by atoms with E-state index in [1.165, 1.54) is 27.3 Å². The van der Waals surface area contributed by atoms with E-state index in [1.54, 1.807) is 0 Å². The fourth-order valence-corrected chi connectivity index (χ4v) is 3.81. The van der Waals surface area contributed by atoms with Crippen LogP contribution in [0.3, 0.4) is 0 Å². The summed E-state index contributed by atoms with van der Waals surface area (Å²) < 4.78 is 1.44. The predicted molar refractivity (Wildman–Crippen MR) is 81.0 cm³/mol. The topological polar surface area (TPSA) is 34.9 Å². The van der Waals surface area contributed by atoms with Gasteiger partial charge in [0.15, 0.2) is 0 Å². The van der Waals surface area contributed by atoms with Crippen molar-refractivity contribution in [3.05, 3.63) is 48.2 Å². The smallest absolute Gasteiger partial charge is 0.243 e. The average molecular weight is 280 g/mol. The van der Waals surface area contributed by atoms with Gasteiger partial charge in [-0.1, -0.05) is 36.4 Å². The van der Waals surface area contributed by atoms with Gasteiger partial charge in [-0.05, 0) is 10.8 Å². The minimum absolute atomic E-state index is 0.0493. The van der Waals surface area contributed by atoms with Crippen LogP contribution in [0.2, 0.25) is 0 Å². The maximum absolute atomic E-state index is 11.5. The number of hydrogen-bond donors (Lipinski definition) is 0. The second kappa shape index (κ2) is 4.21. The van der Waals surface area contributed by atoms with E-state index in [9.17, 15) is 4.79 Å². The SMILES string of the molecule is CC(=O)n1cc2c(n1)-c1ccc3ccccc3c1SC2. The summed E-state index contributed by atoms with van der Waals surface area (Å²) in [5, 5.41) is 6.96. The lowest BCUT2D eigenvalue weighted by Gasteiger charge is -2.16. The van der Waals surface area contributed by atoms with Crippen molar-refractivity contribution in [1.82, 2.24) is 9.78 Å². The molecule has 2 aromatic carbocycles. The molecule has 0 bridgehead atoms. The van der Waals surface area contributed by atoms with E-state index in [-0.39, 0.29) is 5.91 Å². The molecule has 0 saturated carbocycles. The predicted octanol–water partition coefficient (Wildman–Crippen LogP) is 3.97. The Kier molecular flexibility index (Phi) is 2.47. The number of nitrogens with zero attached hydrogens (tertiary/aromatic N) is 2. The Bertz CT molecular complexity index is 851. The second-order valence-corrected chi connectivity index (χ2v) is 5.90. The maximum Gasteiger partial charge on any atom is 0.243 e. The van der Waals surface area contributed by atoms with E-state index in [2.05, 4.69) is 41.5 Å². The zero-order valence-corrected chi connectivity index (χ0v) is 11.8. The third-order valence-electron chi connectivity index (χ3n) is 3.62. The molecule has 0 N–H and O–H groups in total. The van der Waals surface area contributed by atoms with Crippen molar-refractivity contribution in [3.63, 3.8) is 0 Å². The molecular weight excluding hydrogens is 268 g/mol. The molecule has 3 aromatic rings. The Hall–Kier alpha value is -2.07. The number of rotatable bonds is 0. The van der Waals surface area contributed by atoms with Gasteiger partial charge in [-0.15, -0.1) is 11.8 Å². The molecule has 0 atom stereocenters. The van der Waals surface area contributed by atoms with Crippen molar-refractivity contribution in [3.8, 4) is 11.3 Å². The van der Waals surface area contributed by atoms with Gasteiger partial charge in [0.05, 0.1) is 5.69 Å². The van der Waals surface area contributed by atoms with Crippen molar-refractivity contribution < 1.29 is 4.79 Å². The van der Waals surface area contributed by atoms with E-state index >= 15 is 0 Å². The highest BCUT2D eigenvalue weighted by atomic mass is 32.2. The summed E-state index contributed by atoms with van der Waals surface area (Å²) in [6.07, 6.45) is 1.85. The fraction of sp³-hybridized carbons (Fsp3) is 0.125. The van der Waals surface area contributed by atoms with Crippen LogP contribution in [0.1, 0.15) is 17.3 Å². The largest absolute Gasteiger partial charge is 0.273 e. The highest BCUT2D eigenvalue weighted by Crippen LogP contribution is 2.44. The Balaban J connectivity index is 2.00. The molecular formula is C16H12N2OS. The summed E-state index contributed by atoms with van der Waals surface area (Å²) >= 11 is 1.82. The van der Waals surface area contributed by atoms with E-state index in [0.717, 1.165) is 22.6 Å². The van der Waals surface area contributed by atoms with Gasteiger partial charge in [0.25, 0.3) is 0 Å². The molecule has 1 aliphatic rings. The minimum atomic E-state index is -0.0493. The Morgan fingerprint density at radius 2 is 2.10 bits per heavy atom. The summed E-state index contributed by atoms with van der Waals surface area (Å²) in [5.74, 6) is 0.815. The highest BCUT2D eigenvalue weighted by molar-refractivity contribution is 7.99. The van der Waals surface area contributed by atoms with Gasteiger partial charge in [-0.25, -0.2) is 4.68 Å². The molecule has 2 heterocycles. The molecule has 0 unspecified atom stereocenters. The van der Waals surface area contributed by atoms with Gasteiger partial charge in [0, 0.05) is 34.9 Å². The molecule has 0 aliphatic carbocycles. The summed E-state index contributed by atoms with van der Waals surface area (Å²) in [7, 11) is 0. The first-order valence-corrected chi connectivity index (χ1v) is 7.47. The molecule has 0 fully saturated rings. The van der Waals surface area contributed by atoms with Crippen LogP contribution < -0.4 is 0 Å². The van der Waals surface area contributed by atoms with E-state index in [0.29, 0.717) is 0 Å². The van der Waals surface area contributed by atoms with Crippen LogP contribution in [-0.4, -0.2) is 15.7 Å². The lowest BCUT2D eigenvalue weighted by atomic mass is 10.0. The molecule has 0 saturated heterocycles. The molecule has 0 amide bonds. The van der Waals surface area contributed by atoms with Gasteiger partial charge in [-0.3, -0.25) is 4.79 Å². The van der Waals surface area contributed by atoms with Crippen LogP contribution in [0, 0.1) is 0 Å². The monoisotopic (exact) mass is 280 g/mol. The minimum Gasteiger partial charge on any atom is -0.273 e. The number of fused-ring (bicyclic) bond motifs is 5. The number of carbonyl (C=O) groups excluding carboxylic acids is 1. The third-order valence-corrected chi connectivity index (χ3v) is 4.80. The second-order valence-electron chi connectivity index (χ2n) is 4.92. The molecule has 20 heavy (non-hydrogen) atoms.